The van der Waals surface area contributed by atoms with E-state index in [4.69, 9.17) is 0 Å². The zero-order valence-electron chi connectivity index (χ0n) is 12.0. The third kappa shape index (κ3) is 2.74. The molecule has 2 aromatic rings. The van der Waals surface area contributed by atoms with Gasteiger partial charge in [-0.2, -0.15) is 5.10 Å². The largest absolute Gasteiger partial charge is 0.379 e. The molecule has 0 aliphatic heterocycles. The highest BCUT2D eigenvalue weighted by Gasteiger charge is 2.27. The number of aromatic nitrogens is 2. The van der Waals surface area contributed by atoms with E-state index in [0.29, 0.717) is 23.8 Å². The van der Waals surface area contributed by atoms with Crippen molar-refractivity contribution in [2.75, 3.05) is 11.9 Å². The number of hydrogen-bond acceptors (Lipinski definition) is 4. The summed E-state index contributed by atoms with van der Waals surface area (Å²) in [6.45, 7) is 2.73. The van der Waals surface area contributed by atoms with E-state index in [-0.39, 0.29) is 10.6 Å². The molecule has 1 heterocycles. The van der Waals surface area contributed by atoms with Crippen LogP contribution in [0.5, 0.6) is 0 Å². The molecule has 3 rings (SSSR count). The zero-order valence-corrected chi connectivity index (χ0v) is 12.0. The van der Waals surface area contributed by atoms with E-state index in [0.717, 1.165) is 25.0 Å². The summed E-state index contributed by atoms with van der Waals surface area (Å²) >= 11 is 0. The highest BCUT2D eigenvalue weighted by molar-refractivity contribution is 5.71. The third-order valence-electron chi connectivity index (χ3n) is 3.61. The Morgan fingerprint density at radius 2 is 2.24 bits per heavy atom. The van der Waals surface area contributed by atoms with Gasteiger partial charge in [-0.25, -0.2) is 4.68 Å². The second-order valence-electron chi connectivity index (χ2n) is 5.32. The first kappa shape index (κ1) is 13.6. The number of nitro groups is 1. The third-order valence-corrected chi connectivity index (χ3v) is 3.61. The van der Waals surface area contributed by atoms with Crippen molar-refractivity contribution in [2.45, 2.75) is 32.1 Å². The van der Waals surface area contributed by atoms with E-state index in [2.05, 4.69) is 10.4 Å². The molecule has 0 unspecified atom stereocenters. The topological polar surface area (TPSA) is 73.0 Å². The first-order valence-electron chi connectivity index (χ1n) is 7.28. The number of rotatable bonds is 6. The minimum atomic E-state index is -0.341. The minimum absolute atomic E-state index is 0.0800. The maximum Gasteiger partial charge on any atom is 0.317 e. The lowest BCUT2D eigenvalue weighted by molar-refractivity contribution is -0.383. The van der Waals surface area contributed by atoms with Crippen LogP contribution in [0.1, 0.15) is 37.8 Å². The Kier molecular flexibility index (Phi) is 3.60. The van der Waals surface area contributed by atoms with Gasteiger partial charge in [0.1, 0.15) is 11.4 Å². The van der Waals surface area contributed by atoms with Crippen molar-refractivity contribution in [1.82, 2.24) is 9.78 Å². The molecule has 0 atom stereocenters. The average molecular weight is 286 g/mol. The predicted octanol–water partition coefficient (Wildman–Crippen LogP) is 3.48. The number of nitrogens with one attached hydrogen (secondary N) is 1. The van der Waals surface area contributed by atoms with Crippen molar-refractivity contribution in [2.24, 2.45) is 0 Å². The van der Waals surface area contributed by atoms with Crippen molar-refractivity contribution in [3.05, 3.63) is 46.3 Å². The van der Waals surface area contributed by atoms with Crippen LogP contribution in [0, 0.1) is 10.1 Å². The van der Waals surface area contributed by atoms with Gasteiger partial charge in [0.25, 0.3) is 0 Å². The van der Waals surface area contributed by atoms with E-state index in [1.807, 2.05) is 19.1 Å². The molecule has 1 fully saturated rings. The Labute approximate surface area is 122 Å². The van der Waals surface area contributed by atoms with Crippen LogP contribution in [-0.4, -0.2) is 21.2 Å². The van der Waals surface area contributed by atoms with Crippen molar-refractivity contribution in [1.29, 1.82) is 0 Å². The number of anilines is 1. The van der Waals surface area contributed by atoms with Gasteiger partial charge in [0.2, 0.25) is 0 Å². The van der Waals surface area contributed by atoms with E-state index >= 15 is 0 Å². The molecule has 1 N–H and O–H groups in total. The van der Waals surface area contributed by atoms with E-state index in [1.54, 1.807) is 23.0 Å². The van der Waals surface area contributed by atoms with Crippen molar-refractivity contribution < 1.29 is 4.92 Å². The summed E-state index contributed by atoms with van der Waals surface area (Å²) in [6, 6.07) is 7.24. The molecule has 110 valence electrons. The van der Waals surface area contributed by atoms with E-state index in [1.165, 1.54) is 0 Å². The van der Waals surface area contributed by atoms with Crippen LogP contribution >= 0.6 is 0 Å². The van der Waals surface area contributed by atoms with Crippen LogP contribution in [-0.2, 0) is 0 Å². The van der Waals surface area contributed by atoms with Crippen LogP contribution in [0.25, 0.3) is 5.69 Å². The summed E-state index contributed by atoms with van der Waals surface area (Å²) in [7, 11) is 0. The SMILES string of the molecule is CCCNc1cccc(-n2ccc(C3CC3)n2)c1[N+](=O)[O-]. The van der Waals surface area contributed by atoms with Crippen molar-refractivity contribution in [3.8, 4) is 5.69 Å². The summed E-state index contributed by atoms with van der Waals surface area (Å²) in [4.78, 5) is 11.1. The van der Waals surface area contributed by atoms with Crippen molar-refractivity contribution >= 4 is 11.4 Å². The van der Waals surface area contributed by atoms with Crippen LogP contribution in [0.2, 0.25) is 0 Å². The van der Waals surface area contributed by atoms with Gasteiger partial charge >= 0.3 is 5.69 Å². The molecule has 0 spiro atoms. The maximum atomic E-state index is 11.5. The molecular formula is C15H18N4O2. The van der Waals surface area contributed by atoms with E-state index < -0.39 is 0 Å². The van der Waals surface area contributed by atoms with Crippen molar-refractivity contribution in [3.63, 3.8) is 0 Å². The normalized spacial score (nSPS) is 14.1. The van der Waals surface area contributed by atoms with Gasteiger partial charge in [-0.15, -0.1) is 0 Å². The molecule has 0 amide bonds. The molecule has 0 bridgehead atoms. The summed E-state index contributed by atoms with van der Waals surface area (Å²) in [5, 5.41) is 19.1. The predicted molar refractivity (Wildman–Crippen MR) is 81.0 cm³/mol. The quantitative estimate of drug-likeness (QED) is 0.651. The smallest absolute Gasteiger partial charge is 0.317 e. The van der Waals surface area contributed by atoms with Crippen LogP contribution in [0.3, 0.4) is 0 Å². The second-order valence-corrected chi connectivity index (χ2v) is 5.32. The molecule has 1 aromatic carbocycles. The fourth-order valence-corrected chi connectivity index (χ4v) is 2.38. The molecule has 1 aliphatic rings. The molecule has 0 radical (unpaired) electrons. The Morgan fingerprint density at radius 1 is 1.43 bits per heavy atom. The number of benzene rings is 1. The molecule has 1 aliphatic carbocycles. The Hall–Kier alpha value is -2.37. The van der Waals surface area contributed by atoms with Gasteiger partial charge in [0.15, 0.2) is 0 Å². The highest BCUT2D eigenvalue weighted by atomic mass is 16.6. The number of nitrogens with zero attached hydrogens (tertiary/aromatic N) is 3. The number of hydrogen-bond donors (Lipinski definition) is 1. The first-order chi connectivity index (χ1) is 10.2. The van der Waals surface area contributed by atoms with Crippen LogP contribution in [0.4, 0.5) is 11.4 Å². The molecular weight excluding hydrogens is 268 g/mol. The van der Waals surface area contributed by atoms with Gasteiger partial charge in [0.05, 0.1) is 10.6 Å². The molecule has 1 saturated carbocycles. The fourth-order valence-electron chi connectivity index (χ4n) is 2.38. The van der Waals surface area contributed by atoms with Gasteiger partial charge in [-0.05, 0) is 37.5 Å². The molecule has 21 heavy (non-hydrogen) atoms. The van der Waals surface area contributed by atoms with Gasteiger partial charge < -0.3 is 5.32 Å². The molecule has 1 aromatic heterocycles. The molecule has 0 saturated heterocycles. The highest BCUT2D eigenvalue weighted by Crippen LogP contribution is 2.39. The molecule has 6 nitrogen and oxygen atoms in total. The Balaban J connectivity index is 2.01. The summed E-state index contributed by atoms with van der Waals surface area (Å²) in [5.41, 5.74) is 2.16. The lowest BCUT2D eigenvalue weighted by atomic mass is 10.2. The summed E-state index contributed by atoms with van der Waals surface area (Å²) in [6.07, 6.45) is 5.04. The maximum absolute atomic E-state index is 11.5. The monoisotopic (exact) mass is 286 g/mol. The summed E-state index contributed by atoms with van der Waals surface area (Å²) in [5.74, 6) is 0.534. The van der Waals surface area contributed by atoms with Crippen LogP contribution < -0.4 is 5.32 Å². The average Bonchev–Trinajstić information content (AvgIpc) is 3.22. The van der Waals surface area contributed by atoms with E-state index in [9.17, 15) is 10.1 Å². The first-order valence-corrected chi connectivity index (χ1v) is 7.28. The Morgan fingerprint density at radius 3 is 2.90 bits per heavy atom. The van der Waals surface area contributed by atoms with Gasteiger partial charge in [0, 0.05) is 18.7 Å². The molecule has 6 heteroatoms. The van der Waals surface area contributed by atoms with Gasteiger partial charge in [-0.1, -0.05) is 13.0 Å². The lowest BCUT2D eigenvalue weighted by Crippen LogP contribution is -2.07. The Bertz CT molecular complexity index is 661. The van der Waals surface area contributed by atoms with Crippen LogP contribution in [0.15, 0.2) is 30.5 Å². The van der Waals surface area contributed by atoms with Gasteiger partial charge in [-0.3, -0.25) is 10.1 Å². The summed E-state index contributed by atoms with van der Waals surface area (Å²) < 4.78 is 1.61. The fraction of sp³-hybridized carbons (Fsp3) is 0.400. The lowest BCUT2D eigenvalue weighted by Gasteiger charge is -2.09. The number of para-hydroxylation sites is 1. The standard InChI is InChI=1S/C15H18N4O2/c1-2-9-16-13-4-3-5-14(15(13)19(20)21)18-10-8-12(17-18)11-6-7-11/h3-5,8,10-11,16H,2,6-7,9H2,1H3. The minimum Gasteiger partial charge on any atom is -0.379 e. The second kappa shape index (κ2) is 5.55. The zero-order chi connectivity index (χ0) is 14.8. The number of nitro benzene ring substituents is 1.